The van der Waals surface area contributed by atoms with Gasteiger partial charge in [0.25, 0.3) is 0 Å². The fourth-order valence-corrected chi connectivity index (χ4v) is 4.08. The second-order valence-corrected chi connectivity index (χ2v) is 7.76. The summed E-state index contributed by atoms with van der Waals surface area (Å²) in [6.07, 6.45) is 3.44. The monoisotopic (exact) mass is 361 g/mol. The lowest BCUT2D eigenvalue weighted by atomic mass is 9.77. The first kappa shape index (κ1) is 16.6. The molecule has 1 aromatic carbocycles. The molecule has 6 heteroatoms. The molecule has 4 rings (SSSR count). The number of esters is 1. The molecular formula is C19H20ClNO4. The highest BCUT2D eigenvalue weighted by Crippen LogP contribution is 2.52. The Balaban J connectivity index is 1.61. The zero-order valence-corrected chi connectivity index (χ0v) is 14.9. The second kappa shape index (κ2) is 5.85. The van der Waals surface area contributed by atoms with Crippen LogP contribution in [0, 0.1) is 17.8 Å². The van der Waals surface area contributed by atoms with Gasteiger partial charge < -0.3 is 14.4 Å². The Bertz CT molecular complexity index is 744. The van der Waals surface area contributed by atoms with E-state index >= 15 is 0 Å². The van der Waals surface area contributed by atoms with Crippen LogP contribution in [0.4, 0.5) is 5.69 Å². The van der Waals surface area contributed by atoms with Crippen molar-refractivity contribution in [1.29, 1.82) is 0 Å². The Hall–Kier alpha value is -1.85. The van der Waals surface area contributed by atoms with Crippen molar-refractivity contribution in [3.05, 3.63) is 41.4 Å². The van der Waals surface area contributed by atoms with Gasteiger partial charge in [0, 0.05) is 10.7 Å². The third kappa shape index (κ3) is 2.57. The number of ether oxygens (including phenoxy) is 2. The van der Waals surface area contributed by atoms with Crippen LogP contribution in [-0.4, -0.2) is 36.7 Å². The van der Waals surface area contributed by atoms with Crippen molar-refractivity contribution in [1.82, 2.24) is 0 Å². The van der Waals surface area contributed by atoms with Gasteiger partial charge in [0.2, 0.25) is 5.91 Å². The van der Waals surface area contributed by atoms with Gasteiger partial charge in [0.05, 0.1) is 25.2 Å². The van der Waals surface area contributed by atoms with Crippen molar-refractivity contribution in [3.63, 3.8) is 0 Å². The van der Waals surface area contributed by atoms with Gasteiger partial charge in [-0.1, -0.05) is 37.6 Å². The van der Waals surface area contributed by atoms with E-state index in [1.807, 2.05) is 26.0 Å². The third-order valence-electron chi connectivity index (χ3n) is 5.07. The number of rotatable bonds is 4. The Morgan fingerprint density at radius 2 is 2.12 bits per heavy atom. The highest BCUT2D eigenvalue weighted by Gasteiger charge is 2.67. The molecule has 0 unspecified atom stereocenters. The molecule has 2 bridgehead atoms. The largest absolute Gasteiger partial charge is 0.465 e. The van der Waals surface area contributed by atoms with Crippen LogP contribution in [0.3, 0.4) is 0 Å². The van der Waals surface area contributed by atoms with E-state index in [1.165, 1.54) is 0 Å². The third-order valence-corrected chi connectivity index (χ3v) is 5.32. The van der Waals surface area contributed by atoms with Crippen molar-refractivity contribution in [2.45, 2.75) is 25.6 Å². The minimum Gasteiger partial charge on any atom is -0.465 e. The quantitative estimate of drug-likeness (QED) is 0.611. The molecule has 0 aromatic heterocycles. The maximum atomic E-state index is 13.1. The first-order valence-electron chi connectivity index (χ1n) is 8.52. The molecule has 5 nitrogen and oxygen atoms in total. The summed E-state index contributed by atoms with van der Waals surface area (Å²) in [4.78, 5) is 27.3. The Morgan fingerprint density at radius 3 is 2.80 bits per heavy atom. The molecule has 0 saturated carbocycles. The summed E-state index contributed by atoms with van der Waals surface area (Å²) in [7, 11) is 0. The number of hydrogen-bond acceptors (Lipinski definition) is 4. The summed E-state index contributed by atoms with van der Waals surface area (Å²) < 4.78 is 11.5. The lowest BCUT2D eigenvalue weighted by molar-refractivity contribution is -0.153. The minimum absolute atomic E-state index is 0.0966. The molecule has 4 atom stereocenters. The summed E-state index contributed by atoms with van der Waals surface area (Å²) in [5, 5.41) is 0.612. The van der Waals surface area contributed by atoms with Gasteiger partial charge in [0.1, 0.15) is 11.5 Å². The first-order chi connectivity index (χ1) is 11.9. The number of hydrogen-bond donors (Lipinski definition) is 0. The number of anilines is 1. The van der Waals surface area contributed by atoms with Crippen molar-refractivity contribution in [3.8, 4) is 0 Å². The van der Waals surface area contributed by atoms with Crippen LogP contribution < -0.4 is 4.90 Å². The number of nitrogens with zero attached hydrogens (tertiary/aromatic N) is 1. The van der Waals surface area contributed by atoms with Crippen LogP contribution in [0.5, 0.6) is 0 Å². The Labute approximate surface area is 151 Å². The number of carbonyl (C=O) groups is 2. The summed E-state index contributed by atoms with van der Waals surface area (Å²) in [6.45, 7) is 4.71. The number of halogens is 1. The second-order valence-electron chi connectivity index (χ2n) is 7.32. The SMILES string of the molecule is CC(C)COC(=O)[C@@H]1[C@H]2C=C[C@@]3(CN(c4ccc(Cl)cc4)C(=O)[C@@H]13)O2. The summed E-state index contributed by atoms with van der Waals surface area (Å²) in [5.41, 5.74) is 0.0241. The smallest absolute Gasteiger partial charge is 0.312 e. The number of fused-ring (bicyclic) bond motifs is 1. The average molecular weight is 362 g/mol. The van der Waals surface area contributed by atoms with E-state index < -0.39 is 17.4 Å². The number of amides is 1. The molecule has 1 amide bonds. The van der Waals surface area contributed by atoms with Crippen molar-refractivity contribution in [2.75, 3.05) is 18.1 Å². The van der Waals surface area contributed by atoms with Crippen LogP contribution in [0.1, 0.15) is 13.8 Å². The van der Waals surface area contributed by atoms with Crippen molar-refractivity contribution < 1.29 is 19.1 Å². The summed E-state index contributed by atoms with van der Waals surface area (Å²) in [5.74, 6) is -1.30. The minimum atomic E-state index is -0.733. The molecule has 3 aliphatic rings. The zero-order valence-electron chi connectivity index (χ0n) is 14.1. The molecule has 1 aromatic rings. The van der Waals surface area contributed by atoms with E-state index in [9.17, 15) is 9.59 Å². The normalized spacial score (nSPS) is 32.6. The van der Waals surface area contributed by atoms with E-state index in [4.69, 9.17) is 21.1 Å². The molecule has 0 radical (unpaired) electrons. The molecule has 25 heavy (non-hydrogen) atoms. The van der Waals surface area contributed by atoms with E-state index in [0.29, 0.717) is 18.2 Å². The molecule has 1 spiro atoms. The van der Waals surface area contributed by atoms with Gasteiger partial charge in [-0.2, -0.15) is 0 Å². The first-order valence-corrected chi connectivity index (χ1v) is 8.90. The highest BCUT2D eigenvalue weighted by molar-refractivity contribution is 6.30. The lowest BCUT2D eigenvalue weighted by Gasteiger charge is -2.23. The van der Waals surface area contributed by atoms with Crippen LogP contribution in [0.25, 0.3) is 0 Å². The Morgan fingerprint density at radius 1 is 1.40 bits per heavy atom. The predicted molar refractivity (Wildman–Crippen MR) is 93.3 cm³/mol. The van der Waals surface area contributed by atoms with Crippen LogP contribution >= 0.6 is 11.6 Å². The zero-order chi connectivity index (χ0) is 17.8. The topological polar surface area (TPSA) is 55.8 Å². The molecule has 0 N–H and O–H groups in total. The standard InChI is InChI=1S/C19H20ClNO4/c1-11(2)9-24-18(23)15-14-7-8-19(25-14)10-21(17(22)16(15)19)13-5-3-12(20)4-6-13/h3-8,11,14-16H,9-10H2,1-2H3/t14-,15-,16-,19+/m1/s1. The Kier molecular flexibility index (Phi) is 3.89. The highest BCUT2D eigenvalue weighted by atomic mass is 35.5. The van der Waals surface area contributed by atoms with Gasteiger partial charge in [-0.05, 0) is 30.2 Å². The van der Waals surface area contributed by atoms with E-state index in [0.717, 1.165) is 5.69 Å². The number of carbonyl (C=O) groups excluding carboxylic acids is 2. The maximum Gasteiger partial charge on any atom is 0.312 e. The van der Waals surface area contributed by atoms with Gasteiger partial charge in [-0.15, -0.1) is 0 Å². The molecule has 0 aliphatic carbocycles. The molecular weight excluding hydrogens is 342 g/mol. The molecule has 3 aliphatic heterocycles. The average Bonchev–Trinajstić information content (AvgIpc) is 3.22. The molecule has 2 saturated heterocycles. The van der Waals surface area contributed by atoms with E-state index in [1.54, 1.807) is 29.2 Å². The van der Waals surface area contributed by atoms with E-state index in [2.05, 4.69) is 0 Å². The van der Waals surface area contributed by atoms with Crippen LogP contribution in [0.2, 0.25) is 5.02 Å². The fourth-order valence-electron chi connectivity index (χ4n) is 3.95. The predicted octanol–water partition coefficient (Wildman–Crippen LogP) is 2.83. The van der Waals surface area contributed by atoms with Gasteiger partial charge in [-0.3, -0.25) is 9.59 Å². The van der Waals surface area contributed by atoms with Gasteiger partial charge in [-0.25, -0.2) is 0 Å². The fraction of sp³-hybridized carbons (Fsp3) is 0.474. The van der Waals surface area contributed by atoms with Crippen LogP contribution in [0.15, 0.2) is 36.4 Å². The lowest BCUT2D eigenvalue weighted by Crippen LogP contribution is -2.40. The summed E-state index contributed by atoms with van der Waals surface area (Å²) in [6, 6.07) is 7.11. The van der Waals surface area contributed by atoms with Gasteiger partial charge >= 0.3 is 5.97 Å². The molecule has 2 fully saturated rings. The summed E-state index contributed by atoms with van der Waals surface area (Å²) >= 11 is 5.94. The van der Waals surface area contributed by atoms with E-state index in [-0.39, 0.29) is 23.9 Å². The molecule has 3 heterocycles. The van der Waals surface area contributed by atoms with Crippen molar-refractivity contribution in [2.24, 2.45) is 17.8 Å². The van der Waals surface area contributed by atoms with Gasteiger partial charge in [0.15, 0.2) is 0 Å². The number of benzene rings is 1. The maximum absolute atomic E-state index is 13.1. The van der Waals surface area contributed by atoms with Crippen LogP contribution in [-0.2, 0) is 19.1 Å². The van der Waals surface area contributed by atoms with Crippen molar-refractivity contribution >= 4 is 29.2 Å². The molecule has 132 valence electrons.